The van der Waals surface area contributed by atoms with E-state index >= 15 is 0 Å². The Kier molecular flexibility index (Phi) is 5.55. The van der Waals surface area contributed by atoms with Gasteiger partial charge in [-0.1, -0.05) is 0 Å². The number of rotatable bonds is 4. The first kappa shape index (κ1) is 18.1. The molecule has 0 bridgehead atoms. The summed E-state index contributed by atoms with van der Waals surface area (Å²) >= 11 is 0. The lowest BCUT2D eigenvalue weighted by molar-refractivity contribution is 0.0685. The fourth-order valence-electron chi connectivity index (χ4n) is 3.19. The van der Waals surface area contributed by atoms with Crippen LogP contribution in [0.15, 0.2) is 18.3 Å². The molecule has 0 N–H and O–H groups in total. The normalized spacial score (nSPS) is 22.6. The summed E-state index contributed by atoms with van der Waals surface area (Å²) in [4.78, 5) is 18.3. The maximum Gasteiger partial charge on any atom is 0.255 e. The van der Waals surface area contributed by atoms with Gasteiger partial charge in [0, 0.05) is 38.4 Å². The lowest BCUT2D eigenvalue weighted by Gasteiger charge is -2.36. The summed E-state index contributed by atoms with van der Waals surface area (Å²) in [6, 6.07) is 3.27. The van der Waals surface area contributed by atoms with E-state index in [9.17, 15) is 13.2 Å². The molecule has 1 unspecified atom stereocenters. The minimum atomic E-state index is -3.42. The van der Waals surface area contributed by atoms with Crippen LogP contribution in [0.25, 0.3) is 0 Å². The predicted molar refractivity (Wildman–Crippen MR) is 91.0 cm³/mol. The van der Waals surface area contributed by atoms with Gasteiger partial charge < -0.3 is 14.4 Å². The van der Waals surface area contributed by atoms with E-state index in [2.05, 4.69) is 4.98 Å². The average molecular weight is 369 g/mol. The van der Waals surface area contributed by atoms with Crippen LogP contribution in [0.3, 0.4) is 0 Å². The van der Waals surface area contributed by atoms with E-state index in [0.29, 0.717) is 57.1 Å². The van der Waals surface area contributed by atoms with Crippen molar-refractivity contribution in [3.63, 3.8) is 0 Å². The fourth-order valence-corrected chi connectivity index (χ4v) is 5.10. The van der Waals surface area contributed by atoms with E-state index in [1.165, 1.54) is 17.6 Å². The van der Waals surface area contributed by atoms with E-state index < -0.39 is 15.3 Å². The maximum absolute atomic E-state index is 12.8. The van der Waals surface area contributed by atoms with Gasteiger partial charge in [-0.2, -0.15) is 4.31 Å². The molecule has 1 aromatic rings. The third-order valence-electron chi connectivity index (χ3n) is 4.61. The van der Waals surface area contributed by atoms with Gasteiger partial charge >= 0.3 is 0 Å². The van der Waals surface area contributed by atoms with Crippen molar-refractivity contribution in [2.75, 3.05) is 46.5 Å². The first-order valence-corrected chi connectivity index (χ1v) is 9.88. The van der Waals surface area contributed by atoms with Gasteiger partial charge in [-0.3, -0.25) is 4.79 Å². The monoisotopic (exact) mass is 369 g/mol. The minimum absolute atomic E-state index is 0.197. The summed E-state index contributed by atoms with van der Waals surface area (Å²) in [6.45, 7) is 2.38. The molecule has 25 heavy (non-hydrogen) atoms. The number of carbonyl (C=O) groups is 1. The van der Waals surface area contributed by atoms with Crippen molar-refractivity contribution in [1.82, 2.24) is 14.2 Å². The SMILES string of the molecule is COc1ccc(C(=O)N2CCCC(S(=O)(=O)N3CCOCC3)C2)cn1. The van der Waals surface area contributed by atoms with Gasteiger partial charge in [-0.25, -0.2) is 13.4 Å². The molecule has 0 saturated carbocycles. The number of likely N-dealkylation sites (tertiary alicyclic amines) is 1. The van der Waals surface area contributed by atoms with Crippen molar-refractivity contribution in [2.45, 2.75) is 18.1 Å². The van der Waals surface area contributed by atoms with Crippen LogP contribution in [0, 0.1) is 0 Å². The van der Waals surface area contributed by atoms with E-state index in [1.807, 2.05) is 0 Å². The van der Waals surface area contributed by atoms with Crippen molar-refractivity contribution in [2.24, 2.45) is 0 Å². The lowest BCUT2D eigenvalue weighted by Crippen LogP contribution is -2.51. The van der Waals surface area contributed by atoms with E-state index in [1.54, 1.807) is 17.0 Å². The maximum atomic E-state index is 12.8. The molecule has 3 rings (SSSR count). The van der Waals surface area contributed by atoms with Crippen LogP contribution in [0.2, 0.25) is 0 Å². The fraction of sp³-hybridized carbons (Fsp3) is 0.625. The quantitative estimate of drug-likeness (QED) is 0.761. The molecule has 2 aliphatic heterocycles. The number of amides is 1. The standard InChI is InChI=1S/C16H23N3O5S/c1-23-15-5-4-13(11-17-15)16(20)18-6-2-3-14(12-18)25(21,22)19-7-9-24-10-8-19/h4-5,11,14H,2-3,6-10,12H2,1H3. The predicted octanol–water partition coefficient (Wildman–Crippen LogP) is 0.357. The second-order valence-corrected chi connectivity index (χ2v) is 8.37. The number of carbonyl (C=O) groups excluding carboxylic acids is 1. The Morgan fingerprint density at radius 3 is 2.68 bits per heavy atom. The van der Waals surface area contributed by atoms with Gasteiger partial charge in [0.1, 0.15) is 0 Å². The largest absolute Gasteiger partial charge is 0.481 e. The number of pyridine rings is 1. The highest BCUT2D eigenvalue weighted by molar-refractivity contribution is 7.89. The number of hydrogen-bond acceptors (Lipinski definition) is 6. The highest BCUT2D eigenvalue weighted by Gasteiger charge is 2.37. The first-order chi connectivity index (χ1) is 12.0. The Morgan fingerprint density at radius 1 is 1.28 bits per heavy atom. The Labute approximate surface area is 147 Å². The molecule has 0 aliphatic carbocycles. The zero-order valence-corrected chi connectivity index (χ0v) is 15.1. The third-order valence-corrected chi connectivity index (χ3v) is 6.92. The van der Waals surface area contributed by atoms with Crippen molar-refractivity contribution >= 4 is 15.9 Å². The first-order valence-electron chi connectivity index (χ1n) is 8.38. The average Bonchev–Trinajstić information content (AvgIpc) is 2.68. The van der Waals surface area contributed by atoms with E-state index in [4.69, 9.17) is 9.47 Å². The number of piperidine rings is 1. The van der Waals surface area contributed by atoms with Gasteiger partial charge in [-0.05, 0) is 18.9 Å². The molecule has 1 aromatic heterocycles. The molecule has 138 valence electrons. The van der Waals surface area contributed by atoms with Gasteiger partial charge in [0.05, 0.1) is 31.1 Å². The van der Waals surface area contributed by atoms with Gasteiger partial charge in [0.25, 0.3) is 5.91 Å². The van der Waals surface area contributed by atoms with Crippen LogP contribution in [-0.2, 0) is 14.8 Å². The Balaban J connectivity index is 1.70. The molecule has 3 heterocycles. The topological polar surface area (TPSA) is 89.0 Å². The summed E-state index contributed by atoms with van der Waals surface area (Å²) in [7, 11) is -1.91. The Bertz CT molecular complexity index is 701. The summed E-state index contributed by atoms with van der Waals surface area (Å²) < 4.78 is 37.4. The number of nitrogens with zero attached hydrogens (tertiary/aromatic N) is 3. The van der Waals surface area contributed by atoms with Crippen LogP contribution in [-0.4, -0.2) is 80.3 Å². The van der Waals surface area contributed by atoms with Gasteiger partial charge in [0.2, 0.25) is 15.9 Å². The summed E-state index contributed by atoms with van der Waals surface area (Å²) in [5, 5.41) is -0.561. The van der Waals surface area contributed by atoms with Gasteiger partial charge in [-0.15, -0.1) is 0 Å². The number of morpholine rings is 1. The molecule has 2 saturated heterocycles. The Hall–Kier alpha value is -1.71. The number of sulfonamides is 1. The molecular formula is C16H23N3O5S. The highest BCUT2D eigenvalue weighted by Crippen LogP contribution is 2.22. The van der Waals surface area contributed by atoms with Gasteiger partial charge in [0.15, 0.2) is 0 Å². The molecule has 1 amide bonds. The van der Waals surface area contributed by atoms with Crippen LogP contribution in [0.4, 0.5) is 0 Å². The molecule has 2 fully saturated rings. The molecule has 9 heteroatoms. The zero-order valence-electron chi connectivity index (χ0n) is 14.3. The van der Waals surface area contributed by atoms with E-state index in [-0.39, 0.29) is 12.5 Å². The third kappa shape index (κ3) is 3.94. The van der Waals surface area contributed by atoms with E-state index in [0.717, 1.165) is 0 Å². The van der Waals surface area contributed by atoms with Crippen LogP contribution in [0.5, 0.6) is 5.88 Å². The molecule has 8 nitrogen and oxygen atoms in total. The number of methoxy groups -OCH3 is 1. The summed E-state index contributed by atoms with van der Waals surface area (Å²) in [6.07, 6.45) is 2.70. The molecule has 1 atom stereocenters. The summed E-state index contributed by atoms with van der Waals surface area (Å²) in [5.74, 6) is 0.236. The van der Waals surface area contributed by atoms with Crippen molar-refractivity contribution in [3.8, 4) is 5.88 Å². The van der Waals surface area contributed by atoms with Crippen molar-refractivity contribution in [1.29, 1.82) is 0 Å². The second kappa shape index (κ2) is 7.67. The lowest BCUT2D eigenvalue weighted by atomic mass is 10.1. The molecule has 0 radical (unpaired) electrons. The van der Waals surface area contributed by atoms with Crippen molar-refractivity contribution in [3.05, 3.63) is 23.9 Å². The van der Waals surface area contributed by atoms with Crippen LogP contribution in [0.1, 0.15) is 23.2 Å². The smallest absolute Gasteiger partial charge is 0.255 e. The molecule has 2 aliphatic rings. The number of aromatic nitrogens is 1. The molecule has 0 spiro atoms. The van der Waals surface area contributed by atoms with Crippen LogP contribution >= 0.6 is 0 Å². The highest BCUT2D eigenvalue weighted by atomic mass is 32.2. The number of hydrogen-bond donors (Lipinski definition) is 0. The summed E-state index contributed by atoms with van der Waals surface area (Å²) in [5.41, 5.74) is 0.435. The second-order valence-electron chi connectivity index (χ2n) is 6.16. The minimum Gasteiger partial charge on any atom is -0.481 e. The van der Waals surface area contributed by atoms with Crippen LogP contribution < -0.4 is 4.74 Å². The molecular weight excluding hydrogens is 346 g/mol. The molecule has 0 aromatic carbocycles. The number of ether oxygens (including phenoxy) is 2. The zero-order chi connectivity index (χ0) is 17.9. The van der Waals surface area contributed by atoms with Crippen molar-refractivity contribution < 1.29 is 22.7 Å². The Morgan fingerprint density at radius 2 is 2.04 bits per heavy atom.